The number of rotatable bonds is 4. The number of hydrogen-bond acceptors (Lipinski definition) is 5. The highest BCUT2D eigenvalue weighted by Crippen LogP contribution is 2.34. The summed E-state index contributed by atoms with van der Waals surface area (Å²) in [6.07, 6.45) is 0. The topological polar surface area (TPSA) is 69.4 Å². The average Bonchev–Trinajstić information content (AvgIpc) is 3.26. The van der Waals surface area contributed by atoms with Gasteiger partial charge in [0.15, 0.2) is 0 Å². The lowest BCUT2D eigenvalue weighted by Gasteiger charge is -2.18. The number of benzene rings is 2. The van der Waals surface area contributed by atoms with Crippen LogP contribution in [0.3, 0.4) is 0 Å². The van der Waals surface area contributed by atoms with Gasteiger partial charge in [0.2, 0.25) is 0 Å². The molecule has 0 atom stereocenters. The third-order valence-electron chi connectivity index (χ3n) is 4.33. The number of ether oxygens (including phenoxy) is 1. The van der Waals surface area contributed by atoms with Crippen LogP contribution in [0.1, 0.15) is 5.01 Å². The fourth-order valence-corrected chi connectivity index (χ4v) is 3.85. The minimum absolute atomic E-state index is 0.0555. The van der Waals surface area contributed by atoms with Crippen molar-refractivity contribution in [3.8, 4) is 17.0 Å². The third-order valence-corrected chi connectivity index (χ3v) is 5.19. The lowest BCUT2D eigenvalue weighted by Crippen LogP contribution is -2.26. The zero-order chi connectivity index (χ0) is 19.0. The van der Waals surface area contributed by atoms with Gasteiger partial charge in [-0.3, -0.25) is 5.41 Å². The molecule has 2 heterocycles. The van der Waals surface area contributed by atoms with E-state index >= 15 is 0 Å². The van der Waals surface area contributed by atoms with Gasteiger partial charge in [-0.25, -0.2) is 9.37 Å². The van der Waals surface area contributed by atoms with E-state index < -0.39 is 0 Å². The molecular formula is C20H16FN3O2S. The Morgan fingerprint density at radius 2 is 2.00 bits per heavy atom. The quantitative estimate of drug-likeness (QED) is 0.686. The number of thiazole rings is 1. The average molecular weight is 381 g/mol. The van der Waals surface area contributed by atoms with E-state index in [1.54, 1.807) is 24.1 Å². The summed E-state index contributed by atoms with van der Waals surface area (Å²) in [5, 5.41) is 21.3. The SMILES string of the molecule is COc1ccc(-c2csc(C3=C(O)CN(c4cccc(F)c4)C3=N)n2)cc1. The van der Waals surface area contributed by atoms with E-state index in [4.69, 9.17) is 10.1 Å². The van der Waals surface area contributed by atoms with Crippen molar-refractivity contribution < 1.29 is 14.2 Å². The van der Waals surface area contributed by atoms with Crippen LogP contribution in [-0.4, -0.2) is 29.6 Å². The summed E-state index contributed by atoms with van der Waals surface area (Å²) in [6, 6.07) is 13.5. The first-order valence-corrected chi connectivity index (χ1v) is 9.09. The molecule has 0 aliphatic carbocycles. The lowest BCUT2D eigenvalue weighted by molar-refractivity contribution is 0.411. The number of hydrogen-bond donors (Lipinski definition) is 2. The fourth-order valence-electron chi connectivity index (χ4n) is 2.95. The summed E-state index contributed by atoms with van der Waals surface area (Å²) < 4.78 is 18.7. The minimum atomic E-state index is -0.385. The molecule has 1 aliphatic heterocycles. The first-order valence-electron chi connectivity index (χ1n) is 8.21. The van der Waals surface area contributed by atoms with E-state index in [-0.39, 0.29) is 24.0 Å². The number of aliphatic hydroxyl groups excluding tert-OH is 1. The smallest absolute Gasteiger partial charge is 0.139 e. The Bertz CT molecular complexity index is 1040. The molecule has 4 rings (SSSR count). The number of halogens is 1. The molecule has 5 nitrogen and oxygen atoms in total. The zero-order valence-electron chi connectivity index (χ0n) is 14.4. The number of methoxy groups -OCH3 is 1. The van der Waals surface area contributed by atoms with E-state index in [2.05, 4.69) is 4.98 Å². The van der Waals surface area contributed by atoms with Gasteiger partial charge in [-0.2, -0.15) is 0 Å². The Hall–Kier alpha value is -3.19. The molecule has 3 aromatic rings. The predicted octanol–water partition coefficient (Wildman–Crippen LogP) is 4.72. The Balaban J connectivity index is 1.62. The van der Waals surface area contributed by atoms with Gasteiger partial charge in [0.1, 0.15) is 28.2 Å². The Labute approximate surface area is 159 Å². The largest absolute Gasteiger partial charge is 0.510 e. The molecule has 1 aromatic heterocycles. The molecule has 1 aliphatic rings. The van der Waals surface area contributed by atoms with Gasteiger partial charge < -0.3 is 14.7 Å². The van der Waals surface area contributed by atoms with Crippen molar-refractivity contribution in [3.63, 3.8) is 0 Å². The van der Waals surface area contributed by atoms with Gasteiger partial charge >= 0.3 is 0 Å². The van der Waals surface area contributed by atoms with Gasteiger partial charge in [-0.15, -0.1) is 11.3 Å². The molecule has 2 aromatic carbocycles. The van der Waals surface area contributed by atoms with E-state index in [0.29, 0.717) is 16.3 Å². The molecule has 0 radical (unpaired) electrons. The predicted molar refractivity (Wildman–Crippen MR) is 105 cm³/mol. The Morgan fingerprint density at radius 1 is 1.22 bits per heavy atom. The first-order chi connectivity index (χ1) is 13.1. The van der Waals surface area contributed by atoms with Crippen molar-refractivity contribution in [1.82, 2.24) is 4.98 Å². The highest BCUT2D eigenvalue weighted by Gasteiger charge is 2.31. The van der Waals surface area contributed by atoms with Crippen LogP contribution in [-0.2, 0) is 0 Å². The molecule has 0 amide bonds. The summed E-state index contributed by atoms with van der Waals surface area (Å²) >= 11 is 1.36. The van der Waals surface area contributed by atoms with Crippen LogP contribution in [0.5, 0.6) is 5.75 Å². The second-order valence-corrected chi connectivity index (χ2v) is 6.86. The first kappa shape index (κ1) is 17.2. The molecule has 0 saturated heterocycles. The summed E-state index contributed by atoms with van der Waals surface area (Å²) in [5.41, 5.74) is 2.58. The summed E-state index contributed by atoms with van der Waals surface area (Å²) in [7, 11) is 1.61. The van der Waals surface area contributed by atoms with Gasteiger partial charge in [0.05, 0.1) is 24.9 Å². The summed E-state index contributed by atoms with van der Waals surface area (Å²) in [4.78, 5) is 6.14. The maximum Gasteiger partial charge on any atom is 0.139 e. The molecule has 136 valence electrons. The van der Waals surface area contributed by atoms with E-state index in [9.17, 15) is 9.50 Å². The number of nitrogens with one attached hydrogen (secondary N) is 1. The molecule has 0 saturated carbocycles. The van der Waals surface area contributed by atoms with Gasteiger partial charge in [0, 0.05) is 16.6 Å². The normalized spacial score (nSPS) is 14.1. The Morgan fingerprint density at radius 3 is 2.70 bits per heavy atom. The van der Waals surface area contributed by atoms with E-state index in [1.807, 2.05) is 29.6 Å². The van der Waals surface area contributed by atoms with Crippen LogP contribution in [0.15, 0.2) is 59.7 Å². The minimum Gasteiger partial charge on any atom is -0.510 e. The van der Waals surface area contributed by atoms with Crippen LogP contribution < -0.4 is 9.64 Å². The van der Waals surface area contributed by atoms with Gasteiger partial charge in [-0.05, 0) is 42.5 Å². The highest BCUT2D eigenvalue weighted by molar-refractivity contribution is 7.11. The second-order valence-electron chi connectivity index (χ2n) is 6.00. The van der Waals surface area contributed by atoms with Crippen molar-refractivity contribution in [1.29, 1.82) is 5.41 Å². The summed E-state index contributed by atoms with van der Waals surface area (Å²) in [5.74, 6) is 0.538. The van der Waals surface area contributed by atoms with Crippen LogP contribution in [0.25, 0.3) is 16.8 Å². The van der Waals surface area contributed by atoms with Gasteiger partial charge in [-0.1, -0.05) is 6.07 Å². The van der Waals surface area contributed by atoms with E-state index in [1.165, 1.54) is 23.5 Å². The number of aromatic nitrogens is 1. The summed E-state index contributed by atoms with van der Waals surface area (Å²) in [6.45, 7) is 0.120. The van der Waals surface area contributed by atoms with Crippen LogP contribution in [0.4, 0.5) is 10.1 Å². The maximum absolute atomic E-state index is 13.5. The standard InChI is InChI=1S/C20H16FN3O2S/c1-26-15-7-5-12(6-8-15)16-11-27-20(23-16)18-17(25)10-24(19(18)22)14-4-2-3-13(21)9-14/h2-9,11,22,25H,10H2,1H3. The molecular weight excluding hydrogens is 365 g/mol. The number of nitrogens with zero attached hydrogens (tertiary/aromatic N) is 2. The molecule has 0 unspecified atom stereocenters. The fraction of sp³-hybridized carbons (Fsp3) is 0.100. The van der Waals surface area contributed by atoms with Crippen molar-refractivity contribution in [2.45, 2.75) is 0 Å². The van der Waals surface area contributed by atoms with Gasteiger partial charge in [0.25, 0.3) is 0 Å². The number of amidine groups is 1. The van der Waals surface area contributed by atoms with Crippen molar-refractivity contribution in [3.05, 3.63) is 70.5 Å². The van der Waals surface area contributed by atoms with Crippen molar-refractivity contribution in [2.24, 2.45) is 0 Å². The molecule has 2 N–H and O–H groups in total. The monoisotopic (exact) mass is 381 g/mol. The highest BCUT2D eigenvalue weighted by atomic mass is 32.1. The van der Waals surface area contributed by atoms with Crippen LogP contribution >= 0.6 is 11.3 Å². The second kappa shape index (κ2) is 6.85. The molecule has 27 heavy (non-hydrogen) atoms. The van der Waals surface area contributed by atoms with E-state index in [0.717, 1.165) is 17.0 Å². The lowest BCUT2D eigenvalue weighted by atomic mass is 10.1. The molecule has 0 bridgehead atoms. The Kier molecular flexibility index (Phi) is 4.37. The van der Waals surface area contributed by atoms with Crippen molar-refractivity contribution >= 4 is 28.4 Å². The maximum atomic E-state index is 13.5. The number of anilines is 1. The van der Waals surface area contributed by atoms with Crippen LogP contribution in [0.2, 0.25) is 0 Å². The zero-order valence-corrected chi connectivity index (χ0v) is 15.3. The molecule has 0 fully saturated rings. The molecule has 7 heteroatoms. The van der Waals surface area contributed by atoms with Crippen molar-refractivity contribution in [2.75, 3.05) is 18.6 Å². The van der Waals surface area contributed by atoms with Crippen LogP contribution in [0, 0.1) is 11.2 Å². The number of aliphatic hydroxyl groups is 1. The molecule has 0 spiro atoms. The third kappa shape index (κ3) is 3.17.